The van der Waals surface area contributed by atoms with Gasteiger partial charge in [0.2, 0.25) is 0 Å². The summed E-state index contributed by atoms with van der Waals surface area (Å²) in [4.78, 5) is 13.4. The molecule has 0 bridgehead atoms. The van der Waals surface area contributed by atoms with Crippen LogP contribution in [0.1, 0.15) is 18.0 Å². The molecule has 16 heavy (non-hydrogen) atoms. The Morgan fingerprint density at radius 2 is 2.31 bits per heavy atom. The van der Waals surface area contributed by atoms with Crippen LogP contribution in [0, 0.1) is 5.82 Å². The highest BCUT2D eigenvalue weighted by molar-refractivity contribution is 5.84. The van der Waals surface area contributed by atoms with Crippen LogP contribution in [0.4, 0.5) is 4.39 Å². The number of aromatic nitrogens is 1. The highest BCUT2D eigenvalue weighted by Gasteiger charge is 2.14. The summed E-state index contributed by atoms with van der Waals surface area (Å²) in [6, 6.07) is 3.69. The highest BCUT2D eigenvalue weighted by atomic mass is 19.1. The minimum Gasteiger partial charge on any atom is -0.481 e. The van der Waals surface area contributed by atoms with Crippen molar-refractivity contribution in [3.63, 3.8) is 0 Å². The van der Waals surface area contributed by atoms with Crippen molar-refractivity contribution in [2.24, 2.45) is 5.73 Å². The Hall–Kier alpha value is -1.88. The molecule has 0 amide bonds. The normalized spacial score (nSPS) is 12.9. The third-order valence-corrected chi connectivity index (χ3v) is 2.47. The van der Waals surface area contributed by atoms with Gasteiger partial charge in [-0.2, -0.15) is 0 Å². The molecule has 2 rings (SSSR count). The van der Waals surface area contributed by atoms with Gasteiger partial charge in [-0.25, -0.2) is 4.39 Å². The van der Waals surface area contributed by atoms with Gasteiger partial charge in [0, 0.05) is 23.1 Å². The van der Waals surface area contributed by atoms with Gasteiger partial charge in [-0.3, -0.25) is 4.79 Å². The molecule has 84 valence electrons. The second-order valence-corrected chi connectivity index (χ2v) is 3.64. The highest BCUT2D eigenvalue weighted by Crippen LogP contribution is 2.25. The average Bonchev–Trinajstić information content (AvgIpc) is 2.59. The number of carboxylic acids is 1. The number of hydrogen-bond acceptors (Lipinski definition) is 2. The Labute approximate surface area is 90.9 Å². The summed E-state index contributed by atoms with van der Waals surface area (Å²) in [5, 5.41) is 9.41. The summed E-state index contributed by atoms with van der Waals surface area (Å²) in [6.07, 6.45) is 1.47. The maximum Gasteiger partial charge on any atom is 0.305 e. The standard InChI is InChI=1S/C11H11FN2O2/c12-6-1-2-7-8(5-14-10(7)3-6)9(13)4-11(15)16/h1-3,5,9,14H,4,13H2,(H,15,16). The second kappa shape index (κ2) is 3.94. The molecule has 0 aliphatic rings. The van der Waals surface area contributed by atoms with E-state index in [-0.39, 0.29) is 12.2 Å². The SMILES string of the molecule is NC(CC(=O)O)c1c[nH]c2cc(F)ccc12. The van der Waals surface area contributed by atoms with Crippen molar-refractivity contribution in [1.29, 1.82) is 0 Å². The lowest BCUT2D eigenvalue weighted by Crippen LogP contribution is -2.14. The van der Waals surface area contributed by atoms with E-state index in [1.807, 2.05) is 0 Å². The van der Waals surface area contributed by atoms with Crippen molar-refractivity contribution in [3.8, 4) is 0 Å². The average molecular weight is 222 g/mol. The van der Waals surface area contributed by atoms with E-state index in [4.69, 9.17) is 10.8 Å². The lowest BCUT2D eigenvalue weighted by Gasteiger charge is -2.07. The van der Waals surface area contributed by atoms with Gasteiger partial charge >= 0.3 is 5.97 Å². The molecule has 1 unspecified atom stereocenters. The lowest BCUT2D eigenvalue weighted by molar-refractivity contribution is -0.137. The summed E-state index contributed by atoms with van der Waals surface area (Å²) in [5.74, 6) is -1.29. The zero-order chi connectivity index (χ0) is 11.7. The topological polar surface area (TPSA) is 79.1 Å². The molecule has 5 heteroatoms. The van der Waals surface area contributed by atoms with Gasteiger partial charge in [-0.05, 0) is 23.8 Å². The number of aromatic amines is 1. The molecule has 0 aliphatic carbocycles. The van der Waals surface area contributed by atoms with Gasteiger partial charge in [-0.1, -0.05) is 0 Å². The number of hydrogen-bond donors (Lipinski definition) is 3. The number of nitrogens with one attached hydrogen (secondary N) is 1. The Bertz CT molecular complexity index is 536. The molecule has 0 aliphatic heterocycles. The van der Waals surface area contributed by atoms with Crippen LogP contribution in [0.5, 0.6) is 0 Å². The molecule has 1 heterocycles. The van der Waals surface area contributed by atoms with Crippen LogP contribution in [0.25, 0.3) is 10.9 Å². The quantitative estimate of drug-likeness (QED) is 0.740. The number of carbonyl (C=O) groups is 1. The van der Waals surface area contributed by atoms with Crippen LogP contribution in [-0.2, 0) is 4.79 Å². The zero-order valence-electron chi connectivity index (χ0n) is 8.40. The first-order valence-corrected chi connectivity index (χ1v) is 4.82. The first kappa shape index (κ1) is 10.6. The van der Waals surface area contributed by atoms with Crippen LogP contribution in [0.2, 0.25) is 0 Å². The molecular weight excluding hydrogens is 211 g/mol. The molecule has 0 saturated carbocycles. The van der Waals surface area contributed by atoms with Crippen LogP contribution >= 0.6 is 0 Å². The van der Waals surface area contributed by atoms with E-state index in [9.17, 15) is 9.18 Å². The fraction of sp³-hybridized carbons (Fsp3) is 0.182. The largest absolute Gasteiger partial charge is 0.481 e. The fourth-order valence-corrected chi connectivity index (χ4v) is 1.73. The summed E-state index contributed by atoms with van der Waals surface area (Å²) >= 11 is 0. The Morgan fingerprint density at radius 3 is 3.00 bits per heavy atom. The number of nitrogens with two attached hydrogens (primary N) is 1. The first-order chi connectivity index (χ1) is 7.58. The summed E-state index contributed by atoms with van der Waals surface area (Å²) < 4.78 is 12.9. The number of aliphatic carboxylic acids is 1. The van der Waals surface area contributed by atoms with E-state index >= 15 is 0 Å². The molecule has 0 spiro atoms. The van der Waals surface area contributed by atoms with Gasteiger partial charge in [0.25, 0.3) is 0 Å². The molecule has 0 fully saturated rings. The predicted molar refractivity (Wildman–Crippen MR) is 57.4 cm³/mol. The van der Waals surface area contributed by atoms with Gasteiger partial charge in [-0.15, -0.1) is 0 Å². The van der Waals surface area contributed by atoms with E-state index in [1.165, 1.54) is 12.1 Å². The Balaban J connectivity index is 2.41. The van der Waals surface area contributed by atoms with Crippen molar-refractivity contribution in [2.45, 2.75) is 12.5 Å². The van der Waals surface area contributed by atoms with Gasteiger partial charge in [0.15, 0.2) is 0 Å². The number of benzene rings is 1. The number of rotatable bonds is 3. The summed E-state index contributed by atoms with van der Waals surface area (Å²) in [5.41, 5.74) is 7.06. The van der Waals surface area contributed by atoms with Gasteiger partial charge < -0.3 is 15.8 Å². The molecule has 0 saturated heterocycles. The smallest absolute Gasteiger partial charge is 0.305 e. The molecule has 1 aromatic heterocycles. The number of halogens is 1. The van der Waals surface area contributed by atoms with E-state index < -0.39 is 12.0 Å². The van der Waals surface area contributed by atoms with E-state index in [1.54, 1.807) is 12.3 Å². The van der Waals surface area contributed by atoms with Crippen LogP contribution in [0.3, 0.4) is 0 Å². The van der Waals surface area contributed by atoms with E-state index in [0.29, 0.717) is 11.1 Å². The molecule has 4 N–H and O–H groups in total. The molecule has 0 radical (unpaired) electrons. The summed E-state index contributed by atoms with van der Waals surface area (Å²) in [7, 11) is 0. The first-order valence-electron chi connectivity index (χ1n) is 4.82. The summed E-state index contributed by atoms with van der Waals surface area (Å²) in [6.45, 7) is 0. The van der Waals surface area contributed by atoms with Gasteiger partial charge in [0.05, 0.1) is 6.42 Å². The van der Waals surface area contributed by atoms with Crippen LogP contribution in [0.15, 0.2) is 24.4 Å². The van der Waals surface area contributed by atoms with Gasteiger partial charge in [0.1, 0.15) is 5.82 Å². The van der Waals surface area contributed by atoms with Crippen molar-refractivity contribution < 1.29 is 14.3 Å². The molecule has 2 aromatic rings. The molecule has 4 nitrogen and oxygen atoms in total. The number of fused-ring (bicyclic) bond motifs is 1. The van der Waals surface area contributed by atoms with Crippen molar-refractivity contribution >= 4 is 16.9 Å². The van der Waals surface area contributed by atoms with Crippen molar-refractivity contribution in [1.82, 2.24) is 4.98 Å². The Morgan fingerprint density at radius 1 is 1.56 bits per heavy atom. The monoisotopic (exact) mass is 222 g/mol. The van der Waals surface area contributed by atoms with E-state index in [0.717, 1.165) is 5.39 Å². The predicted octanol–water partition coefficient (Wildman–Crippen LogP) is 1.78. The lowest BCUT2D eigenvalue weighted by atomic mass is 10.0. The number of H-pyrrole nitrogens is 1. The fourth-order valence-electron chi connectivity index (χ4n) is 1.73. The van der Waals surface area contributed by atoms with Crippen molar-refractivity contribution in [3.05, 3.63) is 35.8 Å². The van der Waals surface area contributed by atoms with Crippen molar-refractivity contribution in [2.75, 3.05) is 0 Å². The number of carboxylic acid groups (broad SMARTS) is 1. The molecule has 1 atom stereocenters. The zero-order valence-corrected chi connectivity index (χ0v) is 8.40. The third kappa shape index (κ3) is 1.90. The minimum atomic E-state index is -0.955. The maximum atomic E-state index is 12.9. The molecule has 1 aromatic carbocycles. The minimum absolute atomic E-state index is 0.148. The maximum absolute atomic E-state index is 12.9. The van der Waals surface area contributed by atoms with E-state index in [2.05, 4.69) is 4.98 Å². The third-order valence-electron chi connectivity index (χ3n) is 2.47. The molecular formula is C11H11FN2O2. The second-order valence-electron chi connectivity index (χ2n) is 3.64. The van der Waals surface area contributed by atoms with Crippen LogP contribution < -0.4 is 5.73 Å². The van der Waals surface area contributed by atoms with Crippen LogP contribution in [-0.4, -0.2) is 16.1 Å². The Kier molecular flexibility index (Phi) is 2.62.